The number of hydrogen-bond acceptors (Lipinski definition) is 2. The molecule has 0 aliphatic heterocycles. The quantitative estimate of drug-likeness (QED) is 0.325. The Hall–Kier alpha value is 0.940. The molecule has 0 saturated carbocycles. The van der Waals surface area contributed by atoms with Gasteiger partial charge < -0.3 is 12.9 Å². The maximum atomic E-state index is 11.5. The zero-order valence-electron chi connectivity index (χ0n) is 16.5. The van der Waals surface area contributed by atoms with Gasteiger partial charge in [0.05, 0.1) is 0 Å². The van der Waals surface area contributed by atoms with E-state index in [1.165, 1.54) is 49.8 Å². The number of nitrogens with zero attached hydrogens (tertiary/aromatic N) is 1. The average Bonchev–Trinajstić information content (AvgIpc) is 2.35. The second-order valence-corrected chi connectivity index (χ2v) is 5.22. The molecule has 0 aliphatic carbocycles. The number of carboxylic acid groups (broad SMARTS) is 1. The van der Waals surface area contributed by atoms with Gasteiger partial charge in [-0.15, -0.1) is 0 Å². The van der Waals surface area contributed by atoms with Gasteiger partial charge in [0.25, 0.3) is 0 Å². The third kappa shape index (κ3) is 18.9. The van der Waals surface area contributed by atoms with E-state index in [2.05, 4.69) is 6.92 Å². The van der Waals surface area contributed by atoms with E-state index in [0.717, 1.165) is 12.8 Å². The predicted octanol–water partition coefficient (Wildman–Crippen LogP) is -2.32. The molecule has 1 amide bonds. The zero-order chi connectivity index (χ0) is 14.5. The first-order chi connectivity index (χ1) is 9.07. The van der Waals surface area contributed by atoms with E-state index >= 15 is 0 Å². The maximum Gasteiger partial charge on any atom is 1.00 e. The van der Waals surface area contributed by atoms with Gasteiger partial charge in [-0.05, 0) is 6.42 Å². The molecule has 0 aromatic rings. The van der Waals surface area contributed by atoms with Crippen molar-refractivity contribution < 1.29 is 76.7 Å². The molecule has 21 heavy (non-hydrogen) atoms. The van der Waals surface area contributed by atoms with Crippen LogP contribution >= 0.6 is 0 Å². The van der Waals surface area contributed by atoms with Crippen molar-refractivity contribution in [3.05, 3.63) is 0 Å². The van der Waals surface area contributed by atoms with Crippen LogP contribution in [0, 0.1) is 0 Å². The van der Waals surface area contributed by atoms with Crippen LogP contribution in [0.5, 0.6) is 0 Å². The molecule has 0 saturated heterocycles. The summed E-state index contributed by atoms with van der Waals surface area (Å²) in [7, 11) is 1.55. The van der Waals surface area contributed by atoms with E-state index in [-0.39, 0.29) is 74.4 Å². The number of aliphatic carboxylic acids is 1. The molecule has 116 valence electrons. The summed E-state index contributed by atoms with van der Waals surface area (Å²) in [6.45, 7) is 2.02. The molecule has 0 fully saturated rings. The number of amides is 1. The van der Waals surface area contributed by atoms with Crippen molar-refractivity contribution in [3.8, 4) is 0 Å². The predicted molar refractivity (Wildman–Crippen MR) is 79.3 cm³/mol. The standard InChI is InChI=1S/C15H29NO3.2Na.2H/c1-3-4-5-6-7-8-9-10-11-12-14(17)16(2)13-15(18)19;;;;/h3-13H2,1-2H3,(H,18,19);;;;/q;2*+1;2*-1. The summed E-state index contributed by atoms with van der Waals surface area (Å²) in [4.78, 5) is 23.3. The van der Waals surface area contributed by atoms with Crippen molar-refractivity contribution in [2.75, 3.05) is 13.6 Å². The van der Waals surface area contributed by atoms with Gasteiger partial charge in [-0.1, -0.05) is 58.3 Å². The fourth-order valence-electron chi connectivity index (χ4n) is 2.07. The average molecular weight is 319 g/mol. The molecule has 0 aliphatic rings. The largest absolute Gasteiger partial charge is 1.00 e. The molecule has 0 spiro atoms. The van der Waals surface area contributed by atoms with Crippen molar-refractivity contribution in [3.63, 3.8) is 0 Å². The first-order valence-corrected chi connectivity index (χ1v) is 7.53. The van der Waals surface area contributed by atoms with Gasteiger partial charge in [-0.25, -0.2) is 0 Å². The summed E-state index contributed by atoms with van der Waals surface area (Å²) < 4.78 is 0. The number of carbonyl (C=O) groups excluding carboxylic acids is 1. The van der Waals surface area contributed by atoms with Crippen molar-refractivity contribution in [1.29, 1.82) is 0 Å². The van der Waals surface area contributed by atoms with Crippen LogP contribution in [-0.2, 0) is 9.59 Å². The van der Waals surface area contributed by atoms with Crippen LogP contribution in [0.25, 0.3) is 0 Å². The first-order valence-electron chi connectivity index (χ1n) is 7.53. The number of carbonyl (C=O) groups is 2. The molecule has 0 atom stereocenters. The van der Waals surface area contributed by atoms with Crippen LogP contribution in [0.15, 0.2) is 0 Å². The Morgan fingerprint density at radius 1 is 0.905 bits per heavy atom. The van der Waals surface area contributed by atoms with E-state index in [4.69, 9.17) is 5.11 Å². The summed E-state index contributed by atoms with van der Waals surface area (Å²) in [5.74, 6) is -1.02. The van der Waals surface area contributed by atoms with E-state index in [1.807, 2.05) is 0 Å². The molecular formula is C15H31NNa2O3. The molecule has 0 unspecified atom stereocenters. The van der Waals surface area contributed by atoms with Crippen molar-refractivity contribution >= 4 is 11.9 Å². The molecular weight excluding hydrogens is 288 g/mol. The van der Waals surface area contributed by atoms with Crippen LogP contribution in [-0.4, -0.2) is 35.5 Å². The Labute approximate surface area is 177 Å². The third-order valence-electron chi connectivity index (χ3n) is 3.29. The molecule has 0 rings (SSSR count). The fourth-order valence-corrected chi connectivity index (χ4v) is 2.07. The summed E-state index contributed by atoms with van der Waals surface area (Å²) >= 11 is 0. The Morgan fingerprint density at radius 3 is 1.76 bits per heavy atom. The summed E-state index contributed by atoms with van der Waals surface area (Å²) in [6.07, 6.45) is 11.4. The van der Waals surface area contributed by atoms with Gasteiger partial charge in [-0.3, -0.25) is 9.59 Å². The van der Waals surface area contributed by atoms with Crippen molar-refractivity contribution in [2.45, 2.75) is 71.1 Å². The minimum absolute atomic E-state index is 0. The molecule has 1 N–H and O–H groups in total. The van der Waals surface area contributed by atoms with Crippen LogP contribution in [0.2, 0.25) is 0 Å². The minimum atomic E-state index is -0.956. The monoisotopic (exact) mass is 319 g/mol. The second kappa shape index (κ2) is 19.0. The van der Waals surface area contributed by atoms with E-state index in [0.29, 0.717) is 6.42 Å². The SMILES string of the molecule is CCCCCCCCCCCC(=O)N(C)CC(=O)O.[H-].[H-].[Na+].[Na+]. The van der Waals surface area contributed by atoms with Gasteiger partial charge in [0.2, 0.25) is 5.91 Å². The number of unbranched alkanes of at least 4 members (excludes halogenated alkanes) is 8. The fraction of sp³-hybridized carbons (Fsp3) is 0.867. The van der Waals surface area contributed by atoms with E-state index in [9.17, 15) is 9.59 Å². The Morgan fingerprint density at radius 2 is 1.33 bits per heavy atom. The van der Waals surface area contributed by atoms with Crippen molar-refractivity contribution in [2.24, 2.45) is 0 Å². The molecule has 0 bridgehead atoms. The molecule has 6 heteroatoms. The van der Waals surface area contributed by atoms with Crippen LogP contribution in [0.4, 0.5) is 0 Å². The number of carboxylic acids is 1. The third-order valence-corrected chi connectivity index (χ3v) is 3.29. The van der Waals surface area contributed by atoms with Crippen molar-refractivity contribution in [1.82, 2.24) is 4.90 Å². The summed E-state index contributed by atoms with van der Waals surface area (Å²) in [6, 6.07) is 0. The molecule has 4 nitrogen and oxygen atoms in total. The molecule has 0 aromatic carbocycles. The Kier molecular flexibility index (Phi) is 24.2. The normalized spacial score (nSPS) is 9.43. The van der Waals surface area contributed by atoms with Crippen LogP contribution in [0.3, 0.4) is 0 Å². The van der Waals surface area contributed by atoms with E-state index < -0.39 is 5.97 Å². The summed E-state index contributed by atoms with van der Waals surface area (Å²) in [5.41, 5.74) is 0. The Bertz CT molecular complexity index is 273. The number of rotatable bonds is 12. The van der Waals surface area contributed by atoms with Gasteiger partial charge >= 0.3 is 65.1 Å². The topological polar surface area (TPSA) is 57.6 Å². The zero-order valence-corrected chi connectivity index (χ0v) is 18.5. The minimum Gasteiger partial charge on any atom is -1.00 e. The molecule has 0 heterocycles. The van der Waals surface area contributed by atoms with Gasteiger partial charge in [0.1, 0.15) is 6.54 Å². The first kappa shape index (κ1) is 26.8. The Balaban J connectivity index is -0.000000270. The van der Waals surface area contributed by atoms with Gasteiger partial charge in [0.15, 0.2) is 0 Å². The summed E-state index contributed by atoms with van der Waals surface area (Å²) in [5, 5.41) is 8.57. The van der Waals surface area contributed by atoms with Crippen LogP contribution < -0.4 is 59.1 Å². The van der Waals surface area contributed by atoms with Gasteiger partial charge in [-0.2, -0.15) is 0 Å². The number of likely N-dealkylation sites (N-methyl/N-ethyl adjacent to an activating group) is 1. The molecule has 0 aromatic heterocycles. The maximum absolute atomic E-state index is 11.5. The molecule has 0 radical (unpaired) electrons. The smallest absolute Gasteiger partial charge is 1.00 e. The van der Waals surface area contributed by atoms with Gasteiger partial charge in [0, 0.05) is 13.5 Å². The number of hydrogen-bond donors (Lipinski definition) is 1. The second-order valence-electron chi connectivity index (χ2n) is 5.22. The van der Waals surface area contributed by atoms with E-state index in [1.54, 1.807) is 7.05 Å². The van der Waals surface area contributed by atoms with Crippen LogP contribution in [0.1, 0.15) is 74.0 Å².